The number of nitrogens with zero attached hydrogens (tertiary/aromatic N) is 3. The van der Waals surface area contributed by atoms with E-state index >= 15 is 0 Å². The van der Waals surface area contributed by atoms with Crippen molar-refractivity contribution < 1.29 is 4.39 Å². The molecule has 0 aliphatic rings. The number of hydrogen-bond acceptors (Lipinski definition) is 2. The Morgan fingerprint density at radius 3 is 2.53 bits per heavy atom. The summed E-state index contributed by atoms with van der Waals surface area (Å²) in [4.78, 5) is 0. The summed E-state index contributed by atoms with van der Waals surface area (Å²) in [7, 11) is 0. The van der Waals surface area contributed by atoms with Crippen molar-refractivity contribution in [2.75, 3.05) is 0 Å². The van der Waals surface area contributed by atoms with Crippen molar-refractivity contribution in [2.24, 2.45) is 0 Å². The molecule has 0 aliphatic carbocycles. The van der Waals surface area contributed by atoms with Gasteiger partial charge in [0.1, 0.15) is 11.5 Å². The van der Waals surface area contributed by atoms with Gasteiger partial charge in [0, 0.05) is 5.57 Å². The van der Waals surface area contributed by atoms with Gasteiger partial charge in [0.2, 0.25) is 0 Å². The van der Waals surface area contributed by atoms with Gasteiger partial charge in [-0.2, -0.15) is 0 Å². The molecule has 17 heavy (non-hydrogen) atoms. The van der Waals surface area contributed by atoms with Crippen LogP contribution in [0.3, 0.4) is 0 Å². The lowest BCUT2D eigenvalue weighted by Crippen LogP contribution is -2.22. The SMILES string of the molecule is C=C/C(F)=C\C(=C/C)c1cn(C(C)(C)C)nn1. The maximum atomic E-state index is 13.1. The quantitative estimate of drug-likeness (QED) is 0.751. The lowest BCUT2D eigenvalue weighted by atomic mass is 10.1. The van der Waals surface area contributed by atoms with Crippen molar-refractivity contribution in [2.45, 2.75) is 33.2 Å². The van der Waals surface area contributed by atoms with Gasteiger partial charge in [0.15, 0.2) is 0 Å². The highest BCUT2D eigenvalue weighted by Gasteiger charge is 2.15. The number of rotatable bonds is 3. The monoisotopic (exact) mass is 235 g/mol. The van der Waals surface area contributed by atoms with Crippen molar-refractivity contribution in [3.63, 3.8) is 0 Å². The molecule has 0 spiro atoms. The zero-order chi connectivity index (χ0) is 13.1. The molecule has 0 aromatic carbocycles. The Morgan fingerprint density at radius 2 is 2.12 bits per heavy atom. The number of hydrogen-bond donors (Lipinski definition) is 0. The average molecular weight is 235 g/mol. The van der Waals surface area contributed by atoms with Gasteiger partial charge >= 0.3 is 0 Å². The Balaban J connectivity index is 3.08. The van der Waals surface area contributed by atoms with Crippen LogP contribution in [0.25, 0.3) is 5.57 Å². The summed E-state index contributed by atoms with van der Waals surface area (Å²) in [5, 5.41) is 8.08. The highest BCUT2D eigenvalue weighted by atomic mass is 19.1. The van der Waals surface area contributed by atoms with E-state index in [4.69, 9.17) is 0 Å². The predicted molar refractivity (Wildman–Crippen MR) is 68.1 cm³/mol. The Kier molecular flexibility index (Phi) is 3.99. The van der Waals surface area contributed by atoms with E-state index in [0.717, 1.165) is 6.08 Å². The first kappa shape index (κ1) is 13.4. The third kappa shape index (κ3) is 3.37. The van der Waals surface area contributed by atoms with E-state index in [9.17, 15) is 4.39 Å². The molecule has 92 valence electrons. The van der Waals surface area contributed by atoms with Gasteiger partial charge < -0.3 is 0 Å². The molecule has 0 N–H and O–H groups in total. The molecule has 0 unspecified atom stereocenters. The summed E-state index contributed by atoms with van der Waals surface area (Å²) >= 11 is 0. The van der Waals surface area contributed by atoms with E-state index in [0.29, 0.717) is 11.3 Å². The van der Waals surface area contributed by atoms with Crippen LogP contribution in [0.2, 0.25) is 0 Å². The molecule has 1 aromatic heterocycles. The summed E-state index contributed by atoms with van der Waals surface area (Å²) in [6.07, 6.45) is 6.16. The highest BCUT2D eigenvalue weighted by Crippen LogP contribution is 2.19. The summed E-state index contributed by atoms with van der Waals surface area (Å²) in [6, 6.07) is 0. The second-order valence-electron chi connectivity index (χ2n) is 4.70. The largest absolute Gasteiger partial charge is 0.247 e. The van der Waals surface area contributed by atoms with Gasteiger partial charge in [-0.15, -0.1) is 5.10 Å². The van der Waals surface area contributed by atoms with Crippen LogP contribution in [0.15, 0.2) is 36.8 Å². The van der Waals surface area contributed by atoms with Gasteiger partial charge in [-0.05, 0) is 39.8 Å². The molecule has 0 saturated carbocycles. The van der Waals surface area contributed by atoms with Gasteiger partial charge in [-0.3, -0.25) is 0 Å². The molecular formula is C13H18FN3. The van der Waals surface area contributed by atoms with Crippen LogP contribution in [-0.2, 0) is 5.54 Å². The molecule has 0 fully saturated rings. The van der Waals surface area contributed by atoms with Crippen molar-refractivity contribution in [3.05, 3.63) is 42.5 Å². The molecule has 0 amide bonds. The minimum absolute atomic E-state index is 0.134. The topological polar surface area (TPSA) is 30.7 Å². The lowest BCUT2D eigenvalue weighted by Gasteiger charge is -2.17. The summed E-state index contributed by atoms with van der Waals surface area (Å²) in [5.41, 5.74) is 1.21. The second-order valence-corrected chi connectivity index (χ2v) is 4.70. The van der Waals surface area contributed by atoms with Crippen LogP contribution in [0.5, 0.6) is 0 Å². The third-order valence-corrected chi connectivity index (χ3v) is 2.28. The first-order valence-corrected chi connectivity index (χ1v) is 5.47. The van der Waals surface area contributed by atoms with Gasteiger partial charge in [0.25, 0.3) is 0 Å². The fourth-order valence-electron chi connectivity index (χ4n) is 1.24. The normalized spacial score (nSPS) is 13.9. The van der Waals surface area contributed by atoms with Crippen molar-refractivity contribution in [3.8, 4) is 0 Å². The number of halogens is 1. The molecular weight excluding hydrogens is 217 g/mol. The molecule has 1 heterocycles. The van der Waals surface area contributed by atoms with Gasteiger partial charge in [-0.25, -0.2) is 9.07 Å². The van der Waals surface area contributed by atoms with Crippen molar-refractivity contribution in [1.82, 2.24) is 15.0 Å². The van der Waals surface area contributed by atoms with E-state index < -0.39 is 0 Å². The molecule has 4 heteroatoms. The van der Waals surface area contributed by atoms with Crippen LogP contribution in [0.4, 0.5) is 4.39 Å². The first-order chi connectivity index (χ1) is 7.88. The second kappa shape index (κ2) is 5.08. The Bertz CT molecular complexity index is 461. The van der Waals surface area contributed by atoms with E-state index in [-0.39, 0.29) is 11.4 Å². The van der Waals surface area contributed by atoms with E-state index in [2.05, 4.69) is 16.9 Å². The molecule has 1 aromatic rings. The minimum atomic E-state index is -0.386. The van der Waals surface area contributed by atoms with Crippen LogP contribution in [-0.4, -0.2) is 15.0 Å². The van der Waals surface area contributed by atoms with Crippen molar-refractivity contribution in [1.29, 1.82) is 0 Å². The third-order valence-electron chi connectivity index (χ3n) is 2.28. The Morgan fingerprint density at radius 1 is 1.47 bits per heavy atom. The van der Waals surface area contributed by atoms with Gasteiger partial charge in [0.05, 0.1) is 11.7 Å². The zero-order valence-electron chi connectivity index (χ0n) is 10.7. The van der Waals surface area contributed by atoms with Crippen LogP contribution in [0.1, 0.15) is 33.4 Å². The molecule has 0 aliphatic heterocycles. The summed E-state index contributed by atoms with van der Waals surface area (Å²) in [5.74, 6) is -0.386. The molecule has 0 atom stereocenters. The van der Waals surface area contributed by atoms with Crippen molar-refractivity contribution >= 4 is 5.57 Å². The van der Waals surface area contributed by atoms with Crippen LogP contribution >= 0.6 is 0 Å². The number of allylic oxidation sites excluding steroid dienone is 5. The molecule has 0 radical (unpaired) electrons. The highest BCUT2D eigenvalue weighted by molar-refractivity contribution is 5.71. The predicted octanol–water partition coefficient (Wildman–Crippen LogP) is 3.48. The summed E-state index contributed by atoms with van der Waals surface area (Å²) < 4.78 is 14.9. The smallest absolute Gasteiger partial charge is 0.123 e. The maximum Gasteiger partial charge on any atom is 0.123 e. The first-order valence-electron chi connectivity index (χ1n) is 5.47. The number of aromatic nitrogens is 3. The molecule has 0 saturated heterocycles. The fourth-order valence-corrected chi connectivity index (χ4v) is 1.24. The van der Waals surface area contributed by atoms with E-state index in [1.807, 2.05) is 33.9 Å². The van der Waals surface area contributed by atoms with Crippen LogP contribution < -0.4 is 0 Å². The van der Waals surface area contributed by atoms with Crippen LogP contribution in [0, 0.1) is 0 Å². The average Bonchev–Trinajstić information content (AvgIpc) is 2.74. The molecule has 3 nitrogen and oxygen atoms in total. The minimum Gasteiger partial charge on any atom is -0.247 e. The standard InChI is InChI=1S/C13H18FN3/c1-6-10(8-11(14)7-2)12-9-17(16-15-12)13(3,4)5/h6-9H,2H2,1,3-5H3/b10-6+,11-8+. The maximum absolute atomic E-state index is 13.1. The summed E-state index contributed by atoms with van der Waals surface area (Å²) in [6.45, 7) is 11.3. The van der Waals surface area contributed by atoms with E-state index in [1.165, 1.54) is 6.08 Å². The van der Waals surface area contributed by atoms with E-state index in [1.54, 1.807) is 10.8 Å². The Labute approximate surface area is 101 Å². The van der Waals surface area contributed by atoms with Gasteiger partial charge in [-0.1, -0.05) is 17.9 Å². The molecule has 1 rings (SSSR count). The Hall–Kier alpha value is -1.71. The zero-order valence-corrected chi connectivity index (χ0v) is 10.7. The lowest BCUT2D eigenvalue weighted by molar-refractivity contribution is 0.347. The fraction of sp³-hybridized carbons (Fsp3) is 0.385. The molecule has 0 bridgehead atoms.